The first-order chi connectivity index (χ1) is 28.7. The molecule has 5 unspecified atom stereocenters. The van der Waals surface area contributed by atoms with E-state index in [1.165, 1.54) is 72.0 Å². The third kappa shape index (κ3) is 5.58. The molecule has 0 saturated carbocycles. The molecule has 12 rings (SSSR count). The molecule has 0 radical (unpaired) electrons. The second kappa shape index (κ2) is 13.7. The Morgan fingerprint density at radius 1 is 0.672 bits per heavy atom. The number of nitrogens with zero attached hydrogens (tertiary/aromatic N) is 3. The van der Waals surface area contributed by atoms with Crippen LogP contribution in [-0.2, 0) is 6.42 Å². The summed E-state index contributed by atoms with van der Waals surface area (Å²) in [5.74, 6) is 0.800. The van der Waals surface area contributed by atoms with E-state index in [0.29, 0.717) is 5.92 Å². The summed E-state index contributed by atoms with van der Waals surface area (Å²) in [5, 5.41) is 2.65. The molecule has 0 N–H and O–H groups in total. The molecular weight excluding hydrogens is 703 g/mol. The average molecular weight is 748 g/mol. The maximum Gasteiger partial charge on any atom is 0.103 e. The molecule has 0 saturated heterocycles. The van der Waals surface area contributed by atoms with Gasteiger partial charge in [0, 0.05) is 28.9 Å². The van der Waals surface area contributed by atoms with Crippen LogP contribution in [0.2, 0.25) is 0 Å². The number of benzene rings is 3. The lowest BCUT2D eigenvalue weighted by atomic mass is 9.72. The van der Waals surface area contributed by atoms with Crippen molar-refractivity contribution in [3.05, 3.63) is 213 Å². The molecule has 0 bridgehead atoms. The SMILES string of the molecule is C1=CC2N=C(c3cccc(C4C=CC5=C(C=C(c6ccc7c(n6)C6N=C(C8=CCCC=C8)C=CC6C=C7)CC5)C4)c3)c3c(c4c(c5ccccc35)C=CCC4)C2C=C1. The maximum atomic E-state index is 5.59. The van der Waals surface area contributed by atoms with Crippen molar-refractivity contribution in [3.63, 3.8) is 0 Å². The Morgan fingerprint density at radius 3 is 2.53 bits per heavy atom. The van der Waals surface area contributed by atoms with Gasteiger partial charge in [-0.15, -0.1) is 0 Å². The van der Waals surface area contributed by atoms with Crippen molar-refractivity contribution in [2.24, 2.45) is 15.9 Å². The van der Waals surface area contributed by atoms with Crippen molar-refractivity contribution in [2.75, 3.05) is 0 Å². The van der Waals surface area contributed by atoms with Gasteiger partial charge in [-0.1, -0.05) is 140 Å². The number of aliphatic imine (C=N–C) groups is 2. The largest absolute Gasteiger partial charge is 0.276 e. The summed E-state index contributed by atoms with van der Waals surface area (Å²) >= 11 is 0. The van der Waals surface area contributed by atoms with Crippen LogP contribution < -0.4 is 0 Å². The normalized spacial score (nSPS) is 25.8. The van der Waals surface area contributed by atoms with E-state index in [1.807, 2.05) is 0 Å². The van der Waals surface area contributed by atoms with E-state index < -0.39 is 0 Å². The Hall–Kier alpha value is -6.19. The van der Waals surface area contributed by atoms with Crippen molar-refractivity contribution in [3.8, 4) is 0 Å². The molecule has 3 nitrogen and oxygen atoms in total. The minimum atomic E-state index is 0.0156. The first kappa shape index (κ1) is 33.9. The Morgan fingerprint density at radius 2 is 1.59 bits per heavy atom. The molecule has 4 aromatic rings. The van der Waals surface area contributed by atoms with Crippen molar-refractivity contribution in [1.82, 2.24) is 4.98 Å². The number of dihydropyridines is 1. The van der Waals surface area contributed by atoms with E-state index in [-0.39, 0.29) is 23.9 Å². The molecule has 280 valence electrons. The summed E-state index contributed by atoms with van der Waals surface area (Å²) in [4.78, 5) is 16.3. The highest BCUT2D eigenvalue weighted by Gasteiger charge is 2.35. The van der Waals surface area contributed by atoms with E-state index in [1.54, 1.807) is 0 Å². The molecule has 2 aliphatic heterocycles. The van der Waals surface area contributed by atoms with E-state index in [4.69, 9.17) is 15.0 Å². The molecule has 3 heterocycles. The minimum absolute atomic E-state index is 0.0156. The van der Waals surface area contributed by atoms with Gasteiger partial charge in [0.15, 0.2) is 0 Å². The summed E-state index contributed by atoms with van der Waals surface area (Å²) in [6.07, 6.45) is 44.4. The van der Waals surface area contributed by atoms with Crippen LogP contribution in [0.1, 0.15) is 107 Å². The Balaban J connectivity index is 0.871. The summed E-state index contributed by atoms with van der Waals surface area (Å²) < 4.78 is 0. The zero-order chi connectivity index (χ0) is 38.2. The van der Waals surface area contributed by atoms with Crippen LogP contribution in [-0.4, -0.2) is 22.4 Å². The van der Waals surface area contributed by atoms with Crippen molar-refractivity contribution >= 4 is 39.9 Å². The zero-order valence-corrected chi connectivity index (χ0v) is 32.7. The van der Waals surface area contributed by atoms with Crippen LogP contribution in [0.3, 0.4) is 0 Å². The second-order valence-corrected chi connectivity index (χ2v) is 17.0. The molecule has 8 aliphatic rings. The number of aromatic nitrogens is 1. The van der Waals surface area contributed by atoms with E-state index in [0.717, 1.165) is 67.8 Å². The lowest BCUT2D eigenvalue weighted by Crippen LogP contribution is -2.28. The maximum absolute atomic E-state index is 5.59. The highest BCUT2D eigenvalue weighted by molar-refractivity contribution is 6.22. The number of hydrogen-bond donors (Lipinski definition) is 0. The fraction of sp³-hybridized carbons (Fsp3) is 0.218. The Labute approximate surface area is 341 Å². The number of allylic oxidation sites excluding steroid dienone is 14. The highest BCUT2D eigenvalue weighted by atomic mass is 14.9. The van der Waals surface area contributed by atoms with E-state index in [2.05, 4.69) is 158 Å². The third-order valence-electron chi connectivity index (χ3n) is 13.7. The number of hydrogen-bond acceptors (Lipinski definition) is 3. The summed E-state index contributed by atoms with van der Waals surface area (Å²) in [6.45, 7) is 0. The van der Waals surface area contributed by atoms with Gasteiger partial charge in [-0.3, -0.25) is 15.0 Å². The number of pyridine rings is 1. The van der Waals surface area contributed by atoms with Crippen LogP contribution in [0.4, 0.5) is 0 Å². The van der Waals surface area contributed by atoms with Crippen molar-refractivity contribution in [1.29, 1.82) is 0 Å². The Bertz CT molecular complexity index is 2840. The summed E-state index contributed by atoms with van der Waals surface area (Å²) in [7, 11) is 0. The predicted molar refractivity (Wildman–Crippen MR) is 241 cm³/mol. The van der Waals surface area contributed by atoms with Gasteiger partial charge < -0.3 is 0 Å². The standard InChI is InChI=1S/C55H45N3/c1-2-11-35(12-3-1)48-29-27-36-23-24-37-28-30-49(57-55(37)54(36)56-48)40-26-22-34-21-25-39(32-42(34)33-40)38-13-10-14-41(31-38)53-52-46-18-7-5-16-44(46)43-15-4-6-17-45(43)51(52)47-19-8-9-20-50(47)58-53/h2,4-5,7-16,18-21,23-25,27-31,33,36,39,47,50,54H,1,3,6,17,22,26,32H2. The van der Waals surface area contributed by atoms with Gasteiger partial charge in [-0.25, -0.2) is 0 Å². The fourth-order valence-electron chi connectivity index (χ4n) is 10.8. The molecular formula is C55H45N3. The molecule has 0 fully saturated rings. The number of fused-ring (bicyclic) bond motifs is 11. The van der Waals surface area contributed by atoms with Gasteiger partial charge >= 0.3 is 0 Å². The number of rotatable bonds is 4. The van der Waals surface area contributed by atoms with Crippen LogP contribution in [0.5, 0.6) is 0 Å². The van der Waals surface area contributed by atoms with Gasteiger partial charge in [-0.2, -0.15) is 0 Å². The van der Waals surface area contributed by atoms with E-state index in [9.17, 15) is 0 Å². The minimum Gasteiger partial charge on any atom is -0.276 e. The fourth-order valence-corrected chi connectivity index (χ4v) is 10.8. The van der Waals surface area contributed by atoms with Gasteiger partial charge in [0.05, 0.1) is 28.9 Å². The quantitative estimate of drug-likeness (QED) is 0.205. The van der Waals surface area contributed by atoms with E-state index >= 15 is 0 Å². The summed E-state index contributed by atoms with van der Waals surface area (Å²) in [6, 6.07) is 22.9. The van der Waals surface area contributed by atoms with Crippen LogP contribution >= 0.6 is 0 Å². The Kier molecular flexibility index (Phi) is 8.03. The van der Waals surface area contributed by atoms with Gasteiger partial charge in [-0.05, 0) is 124 Å². The van der Waals surface area contributed by atoms with Crippen LogP contribution in [0, 0.1) is 5.92 Å². The first-order valence-electron chi connectivity index (χ1n) is 21.4. The highest BCUT2D eigenvalue weighted by Crippen LogP contribution is 2.46. The second-order valence-electron chi connectivity index (χ2n) is 17.0. The van der Waals surface area contributed by atoms with Crippen LogP contribution in [0.15, 0.2) is 172 Å². The van der Waals surface area contributed by atoms with Crippen molar-refractivity contribution < 1.29 is 0 Å². The lowest BCUT2D eigenvalue weighted by Gasteiger charge is -2.35. The molecule has 58 heavy (non-hydrogen) atoms. The molecule has 0 spiro atoms. The monoisotopic (exact) mass is 747 g/mol. The third-order valence-corrected chi connectivity index (χ3v) is 13.7. The summed E-state index contributed by atoms with van der Waals surface area (Å²) in [5.41, 5.74) is 19.4. The van der Waals surface area contributed by atoms with Crippen molar-refractivity contribution in [2.45, 2.75) is 68.9 Å². The average Bonchev–Trinajstić information content (AvgIpc) is 3.30. The zero-order valence-electron chi connectivity index (χ0n) is 32.7. The smallest absolute Gasteiger partial charge is 0.103 e. The van der Waals surface area contributed by atoms with Crippen LogP contribution in [0.25, 0.3) is 28.5 Å². The van der Waals surface area contributed by atoms with Gasteiger partial charge in [0.25, 0.3) is 0 Å². The molecule has 6 aliphatic carbocycles. The molecule has 3 heteroatoms. The molecule has 1 aromatic heterocycles. The molecule has 0 amide bonds. The first-order valence-corrected chi connectivity index (χ1v) is 21.4. The predicted octanol–water partition coefficient (Wildman–Crippen LogP) is 12.8. The lowest BCUT2D eigenvalue weighted by molar-refractivity contribution is 0.590. The van der Waals surface area contributed by atoms with Gasteiger partial charge in [0.2, 0.25) is 0 Å². The topological polar surface area (TPSA) is 37.6 Å². The van der Waals surface area contributed by atoms with Gasteiger partial charge in [0.1, 0.15) is 6.04 Å². The molecule has 5 atom stereocenters. The molecule has 3 aromatic carbocycles.